The van der Waals surface area contributed by atoms with Crippen molar-refractivity contribution in [1.82, 2.24) is 0 Å². The van der Waals surface area contributed by atoms with Gasteiger partial charge < -0.3 is 18.9 Å². The third kappa shape index (κ3) is 4.61. The first kappa shape index (κ1) is 20.5. The topological polar surface area (TPSA) is 80.3 Å². The van der Waals surface area contributed by atoms with E-state index in [0.29, 0.717) is 0 Å². The molecule has 0 aliphatic carbocycles. The van der Waals surface area contributed by atoms with Crippen LogP contribution in [0.4, 0.5) is 13.2 Å². The van der Waals surface area contributed by atoms with Crippen LogP contribution in [0.5, 0.6) is 0 Å². The molecule has 2 fully saturated rings. The van der Waals surface area contributed by atoms with Crippen LogP contribution in [0.3, 0.4) is 0 Å². The molecule has 1 unspecified atom stereocenters. The first-order chi connectivity index (χ1) is 12.5. The smallest absolute Gasteiger partial charge is 0.374 e. The van der Waals surface area contributed by atoms with Gasteiger partial charge in [0, 0.05) is 0 Å². The highest BCUT2D eigenvalue weighted by Crippen LogP contribution is 2.40. The van der Waals surface area contributed by atoms with Gasteiger partial charge in [0.1, 0.15) is 18.3 Å². The average molecular weight is 412 g/mol. The Morgan fingerprint density at radius 3 is 2.44 bits per heavy atom. The zero-order valence-corrected chi connectivity index (χ0v) is 15.3. The molecule has 4 atom stereocenters. The van der Waals surface area contributed by atoms with E-state index in [1.165, 1.54) is 13.8 Å². The van der Waals surface area contributed by atoms with Crippen LogP contribution in [0, 0.1) is 0 Å². The molecule has 0 aromatic heterocycles. The van der Waals surface area contributed by atoms with Crippen LogP contribution in [0.2, 0.25) is 0 Å². The number of benzene rings is 1. The van der Waals surface area contributed by atoms with Crippen molar-refractivity contribution in [1.29, 1.82) is 0 Å². The maximum Gasteiger partial charge on any atom is 0.523 e. The number of hydrogen-bond donors (Lipinski definition) is 0. The third-order valence-corrected chi connectivity index (χ3v) is 5.04. The van der Waals surface area contributed by atoms with Crippen molar-refractivity contribution in [2.75, 3.05) is 6.61 Å². The van der Waals surface area contributed by atoms with Gasteiger partial charge in [-0.2, -0.15) is 21.6 Å². The van der Waals surface area contributed by atoms with E-state index < -0.39 is 46.0 Å². The van der Waals surface area contributed by atoms with Crippen LogP contribution in [-0.4, -0.2) is 50.9 Å². The summed E-state index contributed by atoms with van der Waals surface area (Å²) in [6, 6.07) is 9.05. The summed E-state index contributed by atoms with van der Waals surface area (Å²) in [4.78, 5) is 0. The van der Waals surface area contributed by atoms with Crippen LogP contribution in [0.1, 0.15) is 19.4 Å². The highest BCUT2D eigenvalue weighted by molar-refractivity contribution is 7.87. The first-order valence-electron chi connectivity index (χ1n) is 8.11. The van der Waals surface area contributed by atoms with Crippen molar-refractivity contribution in [3.05, 3.63) is 35.9 Å². The Morgan fingerprint density at radius 2 is 1.81 bits per heavy atom. The van der Waals surface area contributed by atoms with Crippen LogP contribution >= 0.6 is 0 Å². The van der Waals surface area contributed by atoms with Gasteiger partial charge in [-0.15, -0.1) is 0 Å². The molecule has 2 aliphatic heterocycles. The van der Waals surface area contributed by atoms with Crippen molar-refractivity contribution < 1.29 is 44.7 Å². The van der Waals surface area contributed by atoms with E-state index in [2.05, 4.69) is 4.18 Å². The highest BCUT2D eigenvalue weighted by atomic mass is 32.2. The van der Waals surface area contributed by atoms with Gasteiger partial charge in [0.15, 0.2) is 12.1 Å². The second kappa shape index (κ2) is 7.30. The number of halogens is 3. The molecule has 11 heteroatoms. The van der Waals surface area contributed by atoms with E-state index in [1.54, 1.807) is 24.3 Å². The zero-order valence-electron chi connectivity index (χ0n) is 14.5. The van der Waals surface area contributed by atoms with E-state index in [9.17, 15) is 21.6 Å². The van der Waals surface area contributed by atoms with E-state index >= 15 is 0 Å². The third-order valence-electron chi connectivity index (χ3n) is 4.00. The first-order valence-corrected chi connectivity index (χ1v) is 9.52. The minimum absolute atomic E-state index is 0.169. The number of rotatable bonds is 6. The van der Waals surface area contributed by atoms with E-state index in [-0.39, 0.29) is 13.2 Å². The summed E-state index contributed by atoms with van der Waals surface area (Å²) in [6.07, 6.45) is -4.86. The molecular formula is C16H19F3O7S. The summed E-state index contributed by atoms with van der Waals surface area (Å²) in [5.74, 6) is -1.14. The molecule has 0 spiro atoms. The second-order valence-electron chi connectivity index (χ2n) is 6.60. The van der Waals surface area contributed by atoms with Crippen LogP contribution in [0.15, 0.2) is 30.3 Å². The van der Waals surface area contributed by atoms with Gasteiger partial charge >= 0.3 is 15.6 Å². The van der Waals surface area contributed by atoms with Crippen molar-refractivity contribution >= 4 is 10.1 Å². The van der Waals surface area contributed by atoms with Gasteiger partial charge in [-0.1, -0.05) is 30.3 Å². The summed E-state index contributed by atoms with van der Waals surface area (Å²) in [5, 5.41) is 0. The van der Waals surface area contributed by atoms with Gasteiger partial charge in [-0.25, -0.2) is 0 Å². The lowest BCUT2D eigenvalue weighted by molar-refractivity contribution is -0.219. The molecule has 0 bridgehead atoms. The normalized spacial score (nSPS) is 30.4. The van der Waals surface area contributed by atoms with E-state index in [0.717, 1.165) is 5.56 Å². The fourth-order valence-corrected chi connectivity index (χ4v) is 3.50. The number of ether oxygens (including phenoxy) is 4. The molecule has 2 saturated heterocycles. The number of alkyl halides is 3. The van der Waals surface area contributed by atoms with E-state index in [1.807, 2.05) is 6.07 Å². The quantitative estimate of drug-likeness (QED) is 0.524. The monoisotopic (exact) mass is 412 g/mol. The van der Waals surface area contributed by atoms with Crippen molar-refractivity contribution in [2.45, 2.75) is 56.4 Å². The van der Waals surface area contributed by atoms with Crippen LogP contribution in [-0.2, 0) is 39.9 Å². The Morgan fingerprint density at radius 1 is 1.15 bits per heavy atom. The van der Waals surface area contributed by atoms with Gasteiger partial charge in [-0.3, -0.25) is 4.18 Å². The molecule has 152 valence electrons. The molecule has 1 aromatic carbocycles. The minimum atomic E-state index is -5.84. The number of fused-ring (bicyclic) bond motifs is 1. The molecule has 0 N–H and O–H groups in total. The van der Waals surface area contributed by atoms with Crippen molar-refractivity contribution in [2.24, 2.45) is 0 Å². The Bertz CT molecular complexity index is 751. The molecule has 0 radical (unpaired) electrons. The predicted octanol–water partition coefficient (Wildman–Crippen LogP) is 2.31. The molecular weight excluding hydrogens is 393 g/mol. The maximum atomic E-state index is 12.7. The Kier molecular flexibility index (Phi) is 5.54. The van der Waals surface area contributed by atoms with Gasteiger partial charge in [0.2, 0.25) is 0 Å². The van der Waals surface area contributed by atoms with Crippen molar-refractivity contribution in [3.63, 3.8) is 0 Å². The lowest BCUT2D eigenvalue weighted by Gasteiger charge is -2.25. The molecule has 3 rings (SSSR count). The van der Waals surface area contributed by atoms with Crippen molar-refractivity contribution in [3.8, 4) is 0 Å². The summed E-state index contributed by atoms with van der Waals surface area (Å²) in [6.45, 7) is 3.03. The molecule has 0 saturated carbocycles. The molecule has 7 nitrogen and oxygen atoms in total. The van der Waals surface area contributed by atoms with Gasteiger partial charge in [0.25, 0.3) is 0 Å². The summed E-state index contributed by atoms with van der Waals surface area (Å²) in [7, 11) is -5.84. The molecule has 0 amide bonds. The van der Waals surface area contributed by atoms with Crippen LogP contribution < -0.4 is 0 Å². The zero-order chi connectivity index (χ0) is 19.9. The Labute approximate surface area is 154 Å². The fourth-order valence-electron chi connectivity index (χ4n) is 2.87. The lowest BCUT2D eigenvalue weighted by Crippen LogP contribution is -2.42. The largest absolute Gasteiger partial charge is 0.523 e. The summed E-state index contributed by atoms with van der Waals surface area (Å²) < 4.78 is 87.4. The number of hydrogen-bond acceptors (Lipinski definition) is 7. The molecule has 27 heavy (non-hydrogen) atoms. The summed E-state index contributed by atoms with van der Waals surface area (Å²) >= 11 is 0. The lowest BCUT2D eigenvalue weighted by atomic mass is 10.1. The van der Waals surface area contributed by atoms with Gasteiger partial charge in [-0.05, 0) is 19.4 Å². The second-order valence-corrected chi connectivity index (χ2v) is 8.17. The Hall–Kier alpha value is -1.24. The van der Waals surface area contributed by atoms with Crippen LogP contribution in [0.25, 0.3) is 0 Å². The molecule has 1 aromatic rings. The molecule has 2 heterocycles. The standard InChI is InChI=1S/C16H19F3O7S/c1-15(2)24-13-12(26-27(20,21)16(17,18)19)11(23-14(13)25-15)9-22-8-10-6-4-3-5-7-10/h3-7,11-14H,8-9H2,1-2H3/t11-,12+,13?,14+/m1/s1. The van der Waals surface area contributed by atoms with Gasteiger partial charge in [0.05, 0.1) is 13.2 Å². The fraction of sp³-hybridized carbons (Fsp3) is 0.625. The molecule has 2 aliphatic rings. The maximum absolute atomic E-state index is 12.7. The highest BCUT2D eigenvalue weighted by Gasteiger charge is 2.59. The minimum Gasteiger partial charge on any atom is -0.374 e. The Balaban J connectivity index is 1.70. The SMILES string of the molecule is CC1(C)OC2[C@@H](O[C@H](COCc3ccccc3)[C@@H]2OS(=O)(=O)C(F)(F)F)O1. The van der Waals surface area contributed by atoms with E-state index in [4.69, 9.17) is 18.9 Å². The average Bonchev–Trinajstić information content (AvgIpc) is 3.00. The predicted molar refractivity (Wildman–Crippen MR) is 84.6 cm³/mol. The summed E-state index contributed by atoms with van der Waals surface area (Å²) in [5.41, 5.74) is -4.72.